The Labute approximate surface area is 116 Å². The molecular formula is C13H18N6O. The van der Waals surface area contributed by atoms with Crippen molar-refractivity contribution in [3.63, 3.8) is 0 Å². The number of hydrogen-bond acceptors (Lipinski definition) is 5. The predicted octanol–water partition coefficient (Wildman–Crippen LogP) is 0.467. The van der Waals surface area contributed by atoms with Gasteiger partial charge in [0.1, 0.15) is 12.0 Å². The maximum absolute atomic E-state index is 12.2. The number of carbonyl (C=O) groups excluding carboxylic acids is 1. The van der Waals surface area contributed by atoms with E-state index in [4.69, 9.17) is 5.73 Å². The van der Waals surface area contributed by atoms with Gasteiger partial charge in [0.25, 0.3) is 11.7 Å². The van der Waals surface area contributed by atoms with E-state index < -0.39 is 0 Å². The highest BCUT2D eigenvalue weighted by Gasteiger charge is 2.29. The van der Waals surface area contributed by atoms with Crippen LogP contribution in [-0.2, 0) is 0 Å². The molecule has 0 spiro atoms. The molecule has 3 N–H and O–H groups in total. The van der Waals surface area contributed by atoms with Gasteiger partial charge < -0.3 is 11.1 Å². The summed E-state index contributed by atoms with van der Waals surface area (Å²) in [5, 5.41) is 7.05. The van der Waals surface area contributed by atoms with Crippen molar-refractivity contribution in [1.82, 2.24) is 24.9 Å². The van der Waals surface area contributed by atoms with Crippen molar-refractivity contribution in [3.05, 3.63) is 23.8 Å². The largest absolute Gasteiger partial charge is 0.346 e. The first-order valence-electron chi connectivity index (χ1n) is 6.83. The van der Waals surface area contributed by atoms with E-state index >= 15 is 0 Å². The summed E-state index contributed by atoms with van der Waals surface area (Å²) in [6.07, 6.45) is 3.33. The van der Waals surface area contributed by atoms with E-state index in [1.165, 1.54) is 6.33 Å². The number of amides is 1. The average molecular weight is 274 g/mol. The summed E-state index contributed by atoms with van der Waals surface area (Å²) in [5.41, 5.74) is 7.12. The lowest BCUT2D eigenvalue weighted by Gasteiger charge is -2.33. The second-order valence-corrected chi connectivity index (χ2v) is 5.51. The minimum Gasteiger partial charge on any atom is -0.346 e. The smallest absolute Gasteiger partial charge is 0.270 e. The number of fused-ring (bicyclic) bond motifs is 1. The minimum absolute atomic E-state index is 0.0559. The third kappa shape index (κ3) is 2.14. The molecule has 0 bridgehead atoms. The van der Waals surface area contributed by atoms with E-state index in [-0.39, 0.29) is 23.9 Å². The van der Waals surface area contributed by atoms with Crippen LogP contribution in [0.2, 0.25) is 0 Å². The molecule has 0 radical (unpaired) electrons. The Hall–Kier alpha value is -2.02. The van der Waals surface area contributed by atoms with Crippen LogP contribution in [0, 0.1) is 0 Å². The summed E-state index contributed by atoms with van der Waals surface area (Å²) in [6.45, 7) is 4.08. The molecule has 1 saturated carbocycles. The summed E-state index contributed by atoms with van der Waals surface area (Å²) in [7, 11) is 0. The molecule has 7 heteroatoms. The predicted molar refractivity (Wildman–Crippen MR) is 73.3 cm³/mol. The Balaban J connectivity index is 1.92. The number of nitrogens with one attached hydrogen (secondary N) is 1. The van der Waals surface area contributed by atoms with Crippen molar-refractivity contribution < 1.29 is 4.79 Å². The van der Waals surface area contributed by atoms with Crippen LogP contribution in [0.25, 0.3) is 5.78 Å². The molecule has 2 aromatic rings. The van der Waals surface area contributed by atoms with Gasteiger partial charge in [-0.3, -0.25) is 4.79 Å². The summed E-state index contributed by atoms with van der Waals surface area (Å²) >= 11 is 0. The SMILES string of the molecule is CC(C)c1cc(C(=O)NC2CCC2N)nc2ncnn12. The van der Waals surface area contributed by atoms with Crippen LogP contribution in [0.15, 0.2) is 12.4 Å². The van der Waals surface area contributed by atoms with Crippen LogP contribution in [0.3, 0.4) is 0 Å². The van der Waals surface area contributed by atoms with E-state index in [0.29, 0.717) is 11.5 Å². The number of nitrogens with two attached hydrogens (primary N) is 1. The van der Waals surface area contributed by atoms with Crippen molar-refractivity contribution in [1.29, 1.82) is 0 Å². The van der Waals surface area contributed by atoms with Crippen molar-refractivity contribution in [2.75, 3.05) is 0 Å². The quantitative estimate of drug-likeness (QED) is 0.847. The Morgan fingerprint density at radius 2 is 2.30 bits per heavy atom. The van der Waals surface area contributed by atoms with Gasteiger partial charge in [-0.2, -0.15) is 10.1 Å². The molecule has 1 amide bonds. The molecule has 106 valence electrons. The monoisotopic (exact) mass is 274 g/mol. The van der Waals surface area contributed by atoms with Gasteiger partial charge in [-0.15, -0.1) is 0 Å². The van der Waals surface area contributed by atoms with E-state index in [2.05, 4.69) is 20.4 Å². The van der Waals surface area contributed by atoms with Gasteiger partial charge >= 0.3 is 0 Å². The third-order valence-electron chi connectivity index (χ3n) is 3.75. The molecular weight excluding hydrogens is 256 g/mol. The molecule has 0 aromatic carbocycles. The normalized spacial score (nSPS) is 22.0. The second kappa shape index (κ2) is 4.82. The van der Waals surface area contributed by atoms with Crippen LogP contribution in [0.1, 0.15) is 48.8 Å². The fourth-order valence-electron chi connectivity index (χ4n) is 2.31. The van der Waals surface area contributed by atoms with Crippen LogP contribution in [-0.4, -0.2) is 37.6 Å². The molecule has 1 aliphatic carbocycles. The molecule has 0 saturated heterocycles. The number of aromatic nitrogens is 4. The highest BCUT2D eigenvalue weighted by molar-refractivity contribution is 5.93. The number of carbonyl (C=O) groups is 1. The fraction of sp³-hybridized carbons (Fsp3) is 0.538. The van der Waals surface area contributed by atoms with Crippen molar-refractivity contribution >= 4 is 11.7 Å². The average Bonchev–Trinajstić information content (AvgIpc) is 2.89. The van der Waals surface area contributed by atoms with Crippen LogP contribution < -0.4 is 11.1 Å². The Kier molecular flexibility index (Phi) is 3.13. The van der Waals surface area contributed by atoms with Gasteiger partial charge in [-0.1, -0.05) is 13.8 Å². The third-order valence-corrected chi connectivity index (χ3v) is 3.75. The molecule has 20 heavy (non-hydrogen) atoms. The Morgan fingerprint density at radius 3 is 2.90 bits per heavy atom. The molecule has 2 heterocycles. The standard InChI is InChI=1S/C13H18N6O/c1-7(2)11-5-10(18-13-15-6-16-19(11)13)12(20)17-9-4-3-8(9)14/h5-9H,3-4,14H2,1-2H3,(H,17,20). The zero-order valence-corrected chi connectivity index (χ0v) is 11.6. The molecule has 3 rings (SSSR count). The lowest BCUT2D eigenvalue weighted by atomic mass is 9.87. The molecule has 0 aliphatic heterocycles. The Bertz CT molecular complexity index is 649. The first-order chi connectivity index (χ1) is 9.56. The topological polar surface area (TPSA) is 98.2 Å². The van der Waals surface area contributed by atoms with Crippen molar-refractivity contribution in [3.8, 4) is 0 Å². The second-order valence-electron chi connectivity index (χ2n) is 5.51. The van der Waals surface area contributed by atoms with Gasteiger partial charge in [-0.25, -0.2) is 9.50 Å². The zero-order valence-electron chi connectivity index (χ0n) is 11.6. The van der Waals surface area contributed by atoms with Gasteiger partial charge in [0.15, 0.2) is 0 Å². The number of hydrogen-bond donors (Lipinski definition) is 2. The first kappa shape index (κ1) is 13.0. The highest BCUT2D eigenvalue weighted by Crippen LogP contribution is 2.19. The summed E-state index contributed by atoms with van der Waals surface area (Å²) in [5.74, 6) is 0.469. The highest BCUT2D eigenvalue weighted by atomic mass is 16.2. The van der Waals surface area contributed by atoms with Crippen LogP contribution >= 0.6 is 0 Å². The van der Waals surface area contributed by atoms with Gasteiger partial charge in [0, 0.05) is 12.1 Å². The summed E-state index contributed by atoms with van der Waals surface area (Å²) < 4.78 is 1.66. The summed E-state index contributed by atoms with van der Waals surface area (Å²) in [4.78, 5) is 20.6. The molecule has 2 atom stereocenters. The molecule has 1 fully saturated rings. The van der Waals surface area contributed by atoms with E-state index in [1.807, 2.05) is 13.8 Å². The van der Waals surface area contributed by atoms with Crippen LogP contribution in [0.4, 0.5) is 0 Å². The fourth-order valence-corrected chi connectivity index (χ4v) is 2.31. The molecule has 2 unspecified atom stereocenters. The van der Waals surface area contributed by atoms with E-state index in [1.54, 1.807) is 10.6 Å². The first-order valence-corrected chi connectivity index (χ1v) is 6.83. The summed E-state index contributed by atoms with van der Waals surface area (Å²) in [6, 6.07) is 1.88. The Morgan fingerprint density at radius 1 is 1.50 bits per heavy atom. The van der Waals surface area contributed by atoms with Crippen molar-refractivity contribution in [2.45, 2.75) is 44.7 Å². The number of nitrogens with zero attached hydrogens (tertiary/aromatic N) is 4. The minimum atomic E-state index is -0.197. The molecule has 7 nitrogen and oxygen atoms in total. The van der Waals surface area contributed by atoms with Gasteiger partial charge in [0.05, 0.1) is 5.69 Å². The van der Waals surface area contributed by atoms with E-state index in [9.17, 15) is 4.79 Å². The maximum atomic E-state index is 12.2. The molecule has 1 aliphatic rings. The van der Waals surface area contributed by atoms with Gasteiger partial charge in [-0.05, 0) is 24.8 Å². The van der Waals surface area contributed by atoms with Crippen molar-refractivity contribution in [2.24, 2.45) is 5.73 Å². The zero-order chi connectivity index (χ0) is 14.3. The van der Waals surface area contributed by atoms with Gasteiger partial charge in [0.2, 0.25) is 0 Å². The molecule has 2 aromatic heterocycles. The number of rotatable bonds is 3. The lowest BCUT2D eigenvalue weighted by molar-refractivity contribution is 0.0900. The maximum Gasteiger partial charge on any atom is 0.270 e. The van der Waals surface area contributed by atoms with E-state index in [0.717, 1.165) is 18.5 Å². The van der Waals surface area contributed by atoms with Crippen LogP contribution in [0.5, 0.6) is 0 Å². The lowest BCUT2D eigenvalue weighted by Crippen LogP contribution is -2.54.